The van der Waals surface area contributed by atoms with Gasteiger partial charge in [0.25, 0.3) is 0 Å². The van der Waals surface area contributed by atoms with E-state index in [4.69, 9.17) is 33.2 Å². The Morgan fingerprint density at radius 3 is 2.24 bits per heavy atom. The Balaban J connectivity index is 1.35. The van der Waals surface area contributed by atoms with Gasteiger partial charge < -0.3 is 43.2 Å². The van der Waals surface area contributed by atoms with Gasteiger partial charge in [-0.05, 0) is 99.5 Å². The van der Waals surface area contributed by atoms with Gasteiger partial charge in [0.2, 0.25) is 0 Å². The lowest BCUT2D eigenvalue weighted by molar-refractivity contribution is -0.180. The average molecular weight is 630 g/mol. The number of nitrogens with zero attached hydrogens (tertiary/aromatic N) is 1. The zero-order valence-corrected chi connectivity index (χ0v) is 27.3. The van der Waals surface area contributed by atoms with E-state index >= 15 is 0 Å². The number of likely N-dealkylation sites (N-methyl/N-ethyl adjacent to an activating group) is 1. The van der Waals surface area contributed by atoms with Crippen LogP contribution >= 0.6 is 0 Å². The highest BCUT2D eigenvalue weighted by atomic mass is 16.8. The van der Waals surface area contributed by atoms with Gasteiger partial charge in [-0.1, -0.05) is 6.07 Å². The van der Waals surface area contributed by atoms with Crippen molar-refractivity contribution in [1.29, 1.82) is 0 Å². The van der Waals surface area contributed by atoms with Crippen LogP contribution in [-0.4, -0.2) is 88.6 Å². The molecule has 0 unspecified atom stereocenters. The van der Waals surface area contributed by atoms with Crippen LogP contribution in [0.3, 0.4) is 0 Å². The highest BCUT2D eigenvalue weighted by molar-refractivity contribution is 5.87. The van der Waals surface area contributed by atoms with Crippen molar-refractivity contribution in [3.8, 4) is 11.5 Å². The SMILES string of the molecule is CN1CC[C@]23c4c5ccc(OC(=O)OC(C)(C)C)c4O[C@H]2C(OC(=O)[C@@H]2OC(C)(C)O[C@H]2C(=O)OC(C)(C)C)=CC[C@@]3(O)[C@@H]1C5. The first-order chi connectivity index (χ1) is 20.7. The first-order valence-electron chi connectivity index (χ1n) is 15.4. The lowest BCUT2D eigenvalue weighted by Crippen LogP contribution is -2.74. The molecule has 2 bridgehead atoms. The fourth-order valence-electron chi connectivity index (χ4n) is 7.51. The molecular weight excluding hydrogens is 586 g/mol. The molecule has 246 valence electrons. The Kier molecular flexibility index (Phi) is 7.17. The molecule has 5 aliphatic rings. The number of aliphatic hydroxyl groups is 1. The third kappa shape index (κ3) is 5.19. The van der Waals surface area contributed by atoms with Crippen LogP contribution in [0, 0.1) is 0 Å². The molecule has 12 heteroatoms. The molecule has 1 aromatic carbocycles. The number of likely N-dealkylation sites (tertiary alicyclic amines) is 1. The number of esters is 2. The second-order valence-electron chi connectivity index (χ2n) is 15.1. The number of ether oxygens (including phenoxy) is 7. The number of rotatable bonds is 4. The van der Waals surface area contributed by atoms with Gasteiger partial charge >= 0.3 is 18.1 Å². The zero-order valence-electron chi connectivity index (χ0n) is 27.3. The maximum Gasteiger partial charge on any atom is 0.514 e. The summed E-state index contributed by atoms with van der Waals surface area (Å²) in [5.74, 6) is -2.22. The summed E-state index contributed by atoms with van der Waals surface area (Å²) in [5.41, 5.74) is -2.16. The molecule has 3 heterocycles. The van der Waals surface area contributed by atoms with E-state index < -0.39 is 64.4 Å². The summed E-state index contributed by atoms with van der Waals surface area (Å²) in [7, 11) is 1.99. The van der Waals surface area contributed by atoms with Gasteiger partial charge in [0.15, 0.2) is 35.6 Å². The molecule has 1 N–H and O–H groups in total. The first-order valence-corrected chi connectivity index (χ1v) is 15.4. The normalized spacial score (nSPS) is 33.0. The van der Waals surface area contributed by atoms with Crippen LogP contribution in [0.4, 0.5) is 4.79 Å². The number of carbonyl (C=O) groups excluding carboxylic acids is 3. The summed E-state index contributed by atoms with van der Waals surface area (Å²) in [6, 6.07) is 3.32. The largest absolute Gasteiger partial charge is 0.514 e. The van der Waals surface area contributed by atoms with Gasteiger partial charge in [-0.2, -0.15) is 0 Å². The van der Waals surface area contributed by atoms with E-state index in [1.807, 2.05) is 13.1 Å². The molecule has 0 amide bonds. The van der Waals surface area contributed by atoms with Crippen LogP contribution in [0.5, 0.6) is 11.5 Å². The molecule has 12 nitrogen and oxygen atoms in total. The maximum absolute atomic E-state index is 13.8. The maximum atomic E-state index is 13.8. The molecule has 3 aliphatic heterocycles. The van der Waals surface area contributed by atoms with E-state index in [9.17, 15) is 19.5 Å². The fraction of sp³-hybridized carbons (Fsp3) is 0.667. The molecule has 1 spiro atoms. The molecule has 0 aromatic heterocycles. The highest BCUT2D eigenvalue weighted by Crippen LogP contribution is 2.65. The van der Waals surface area contributed by atoms with Crippen molar-refractivity contribution in [3.63, 3.8) is 0 Å². The van der Waals surface area contributed by atoms with Crippen molar-refractivity contribution < 1.29 is 52.6 Å². The van der Waals surface area contributed by atoms with E-state index in [1.54, 1.807) is 67.5 Å². The summed E-state index contributed by atoms with van der Waals surface area (Å²) >= 11 is 0. The van der Waals surface area contributed by atoms with Crippen LogP contribution in [0.25, 0.3) is 0 Å². The predicted molar refractivity (Wildman–Crippen MR) is 158 cm³/mol. The summed E-state index contributed by atoms with van der Waals surface area (Å²) in [4.78, 5) is 41.7. The molecular formula is C33H43NO11. The van der Waals surface area contributed by atoms with Crippen LogP contribution in [0.1, 0.15) is 79.4 Å². The van der Waals surface area contributed by atoms with Gasteiger partial charge in [0.1, 0.15) is 17.0 Å². The molecule has 0 saturated carbocycles. The summed E-state index contributed by atoms with van der Waals surface area (Å²) in [6.45, 7) is 14.2. The molecule has 2 saturated heterocycles. The average Bonchev–Trinajstić information content (AvgIpc) is 3.41. The second kappa shape index (κ2) is 10.2. The smallest absolute Gasteiger partial charge is 0.477 e. The fourth-order valence-corrected chi connectivity index (χ4v) is 7.51. The van der Waals surface area contributed by atoms with Crippen molar-refractivity contribution in [2.24, 2.45) is 0 Å². The third-order valence-electron chi connectivity index (χ3n) is 9.11. The van der Waals surface area contributed by atoms with Crippen molar-refractivity contribution in [3.05, 3.63) is 35.1 Å². The molecule has 6 atom stereocenters. The summed E-state index contributed by atoms with van der Waals surface area (Å²) < 4.78 is 40.8. The minimum atomic E-state index is -1.41. The Labute approximate surface area is 262 Å². The van der Waals surface area contributed by atoms with Crippen molar-refractivity contribution in [2.75, 3.05) is 13.6 Å². The van der Waals surface area contributed by atoms with Gasteiger partial charge in [0.05, 0.1) is 11.0 Å². The molecule has 2 fully saturated rings. The number of benzene rings is 1. The highest BCUT2D eigenvalue weighted by Gasteiger charge is 2.72. The Bertz CT molecular complexity index is 1470. The zero-order chi connectivity index (χ0) is 32.9. The van der Waals surface area contributed by atoms with E-state index in [-0.39, 0.29) is 24.0 Å². The summed E-state index contributed by atoms with van der Waals surface area (Å²) in [5, 5.41) is 12.5. The Morgan fingerprint density at radius 1 is 0.956 bits per heavy atom. The Morgan fingerprint density at radius 2 is 1.60 bits per heavy atom. The Hall–Kier alpha value is -3.19. The quantitative estimate of drug-likeness (QED) is 0.295. The van der Waals surface area contributed by atoms with Crippen LogP contribution in [0.2, 0.25) is 0 Å². The molecule has 6 rings (SSSR count). The molecule has 45 heavy (non-hydrogen) atoms. The van der Waals surface area contributed by atoms with E-state index in [1.165, 1.54) is 0 Å². The van der Waals surface area contributed by atoms with Crippen molar-refractivity contribution in [2.45, 2.75) is 127 Å². The van der Waals surface area contributed by atoms with Gasteiger partial charge in [-0.3, -0.25) is 0 Å². The minimum absolute atomic E-state index is 0.149. The van der Waals surface area contributed by atoms with Gasteiger partial charge in [-0.15, -0.1) is 0 Å². The standard InChI is InChI=1S/C33H43NO11/c1-29(2,3)44-27(36)24-23(42-31(7,8)43-24)26(35)39-19-12-13-33(38)20-16-17-10-11-18(40-28(37)45-30(4,5)6)22-21(17)32(33,25(19)41-22)14-15-34(20)9/h10-12,20,23-25,38H,13-16H2,1-9H3/t20-,23+,24+,25-,32-,33+/m0/s1. The molecule has 2 aliphatic carbocycles. The topological polar surface area (TPSA) is 139 Å². The lowest BCUT2D eigenvalue weighted by Gasteiger charge is -2.61. The van der Waals surface area contributed by atoms with E-state index in [2.05, 4.69) is 4.90 Å². The van der Waals surface area contributed by atoms with Gasteiger partial charge in [0, 0.05) is 18.0 Å². The molecule has 1 aromatic rings. The third-order valence-corrected chi connectivity index (χ3v) is 9.11. The monoisotopic (exact) mass is 629 g/mol. The van der Waals surface area contributed by atoms with Crippen LogP contribution < -0.4 is 9.47 Å². The summed E-state index contributed by atoms with van der Waals surface area (Å²) in [6.07, 6.45) is -1.68. The first kappa shape index (κ1) is 31.8. The lowest BCUT2D eigenvalue weighted by atomic mass is 9.50. The second-order valence-corrected chi connectivity index (χ2v) is 15.1. The van der Waals surface area contributed by atoms with Crippen LogP contribution in [-0.2, 0) is 45.1 Å². The number of hydrogen-bond donors (Lipinski definition) is 1. The molecule has 0 radical (unpaired) electrons. The predicted octanol–water partition coefficient (Wildman–Crippen LogP) is 3.68. The van der Waals surface area contributed by atoms with Crippen molar-refractivity contribution in [1.82, 2.24) is 4.90 Å². The number of hydrogen-bond acceptors (Lipinski definition) is 12. The van der Waals surface area contributed by atoms with E-state index in [0.29, 0.717) is 25.1 Å². The minimum Gasteiger partial charge on any atom is -0.477 e. The number of piperidine rings is 1. The van der Waals surface area contributed by atoms with Crippen molar-refractivity contribution >= 4 is 18.1 Å². The van der Waals surface area contributed by atoms with Gasteiger partial charge in [-0.25, -0.2) is 14.4 Å². The van der Waals surface area contributed by atoms with E-state index in [0.717, 1.165) is 11.1 Å². The van der Waals surface area contributed by atoms with Crippen LogP contribution in [0.15, 0.2) is 24.0 Å². The number of carbonyl (C=O) groups is 3.